The summed E-state index contributed by atoms with van der Waals surface area (Å²) in [5, 5.41) is 22.4. The molecular formula is C15H21ClN6O3. The monoisotopic (exact) mass is 368 g/mol. The molecule has 2 heterocycles. The largest absolute Gasteiger partial charge is 0.390 e. The van der Waals surface area contributed by atoms with E-state index in [0.717, 1.165) is 11.4 Å². The molecule has 9 nitrogen and oxygen atoms in total. The average Bonchev–Trinajstić information content (AvgIpc) is 3.06. The zero-order valence-electron chi connectivity index (χ0n) is 14.6. The Balaban J connectivity index is 1.87. The van der Waals surface area contributed by atoms with Crippen LogP contribution in [-0.2, 0) is 11.3 Å². The SMILES string of the molecule is Cc1nn(CCCNC(=O)C(C)n2nc([N+](=O)[O-])cc2C)c(C)c1Cl. The standard InChI is InChI=1S/C15H21ClN6O3/c1-9-8-13(22(24)25)19-21(9)12(4)15(23)17-6-5-7-20-11(3)14(16)10(2)18-20/h8,12H,5-7H2,1-4H3,(H,17,23). The summed E-state index contributed by atoms with van der Waals surface area (Å²) in [4.78, 5) is 22.4. The Hall–Kier alpha value is -2.42. The molecule has 0 aliphatic carbocycles. The quantitative estimate of drug-likeness (QED) is 0.458. The molecule has 2 rings (SSSR count). The van der Waals surface area contributed by atoms with Gasteiger partial charge >= 0.3 is 5.82 Å². The number of nitrogens with one attached hydrogen (secondary N) is 1. The minimum atomic E-state index is -0.628. The second-order valence-corrected chi connectivity index (χ2v) is 6.25. The van der Waals surface area contributed by atoms with Crippen LogP contribution in [0.3, 0.4) is 0 Å². The van der Waals surface area contributed by atoms with Crippen LogP contribution in [-0.4, -0.2) is 36.9 Å². The minimum absolute atomic E-state index is 0.243. The number of carbonyl (C=O) groups excluding carboxylic acids is 1. The van der Waals surface area contributed by atoms with Gasteiger partial charge in [-0.25, -0.2) is 0 Å². The second-order valence-electron chi connectivity index (χ2n) is 5.87. The number of nitro groups is 1. The first-order chi connectivity index (χ1) is 11.7. The molecule has 0 aliphatic rings. The average molecular weight is 369 g/mol. The summed E-state index contributed by atoms with van der Waals surface area (Å²) < 4.78 is 3.17. The fraction of sp³-hybridized carbons (Fsp3) is 0.533. The van der Waals surface area contributed by atoms with Crippen molar-refractivity contribution in [2.75, 3.05) is 6.54 Å². The molecule has 1 amide bonds. The van der Waals surface area contributed by atoms with Crippen LogP contribution in [0.25, 0.3) is 0 Å². The Morgan fingerprint density at radius 1 is 1.40 bits per heavy atom. The Bertz CT molecular complexity index is 798. The van der Waals surface area contributed by atoms with Gasteiger partial charge in [-0.2, -0.15) is 9.78 Å². The summed E-state index contributed by atoms with van der Waals surface area (Å²) in [5.74, 6) is -0.508. The Morgan fingerprint density at radius 2 is 2.08 bits per heavy atom. The molecule has 0 saturated carbocycles. The fourth-order valence-corrected chi connectivity index (χ4v) is 2.68. The number of halogens is 1. The zero-order valence-corrected chi connectivity index (χ0v) is 15.4. The van der Waals surface area contributed by atoms with E-state index in [-0.39, 0.29) is 11.7 Å². The molecule has 10 heteroatoms. The van der Waals surface area contributed by atoms with Gasteiger partial charge in [0.25, 0.3) is 0 Å². The van der Waals surface area contributed by atoms with Gasteiger partial charge in [-0.05, 0) is 39.0 Å². The zero-order chi connectivity index (χ0) is 18.7. The van der Waals surface area contributed by atoms with E-state index in [9.17, 15) is 14.9 Å². The number of hydrogen-bond donors (Lipinski definition) is 1. The number of carbonyl (C=O) groups is 1. The summed E-state index contributed by atoms with van der Waals surface area (Å²) in [5.41, 5.74) is 2.25. The van der Waals surface area contributed by atoms with Crippen molar-refractivity contribution in [1.29, 1.82) is 0 Å². The molecule has 2 aromatic rings. The van der Waals surface area contributed by atoms with Gasteiger partial charge in [0, 0.05) is 13.1 Å². The van der Waals surface area contributed by atoms with Crippen molar-refractivity contribution < 1.29 is 9.72 Å². The molecule has 25 heavy (non-hydrogen) atoms. The van der Waals surface area contributed by atoms with Gasteiger partial charge in [-0.15, -0.1) is 0 Å². The highest BCUT2D eigenvalue weighted by Crippen LogP contribution is 2.19. The van der Waals surface area contributed by atoms with Crippen molar-refractivity contribution in [3.63, 3.8) is 0 Å². The number of hydrogen-bond acceptors (Lipinski definition) is 5. The minimum Gasteiger partial charge on any atom is -0.358 e. The van der Waals surface area contributed by atoms with Gasteiger partial charge < -0.3 is 15.4 Å². The van der Waals surface area contributed by atoms with Crippen LogP contribution in [0.1, 0.15) is 36.5 Å². The Labute approximate surface area is 150 Å². The lowest BCUT2D eigenvalue weighted by Crippen LogP contribution is -2.33. The van der Waals surface area contributed by atoms with Crippen LogP contribution in [0, 0.1) is 30.9 Å². The van der Waals surface area contributed by atoms with Crippen molar-refractivity contribution in [1.82, 2.24) is 24.9 Å². The van der Waals surface area contributed by atoms with Crippen LogP contribution in [0.5, 0.6) is 0 Å². The molecule has 0 aromatic carbocycles. The summed E-state index contributed by atoms with van der Waals surface area (Å²) in [6, 6.07) is 0.716. The number of aromatic nitrogens is 4. The first kappa shape index (κ1) is 18.9. The second kappa shape index (κ2) is 7.64. The highest BCUT2D eigenvalue weighted by molar-refractivity contribution is 6.31. The van der Waals surface area contributed by atoms with E-state index in [1.807, 2.05) is 18.5 Å². The molecule has 1 N–H and O–H groups in total. The molecule has 1 atom stereocenters. The Kier molecular flexibility index (Phi) is 5.78. The summed E-state index contributed by atoms with van der Waals surface area (Å²) >= 11 is 6.10. The molecule has 0 bridgehead atoms. The molecule has 0 fully saturated rings. The molecule has 0 radical (unpaired) electrons. The van der Waals surface area contributed by atoms with E-state index in [1.165, 1.54) is 10.7 Å². The smallest absolute Gasteiger partial charge is 0.358 e. The normalized spacial score (nSPS) is 12.2. The molecule has 0 spiro atoms. The summed E-state index contributed by atoms with van der Waals surface area (Å²) in [6.07, 6.45) is 0.689. The third-order valence-electron chi connectivity index (χ3n) is 3.98. The number of amides is 1. The maximum absolute atomic E-state index is 12.2. The highest BCUT2D eigenvalue weighted by atomic mass is 35.5. The van der Waals surface area contributed by atoms with E-state index in [1.54, 1.807) is 13.8 Å². The first-order valence-electron chi connectivity index (χ1n) is 7.90. The van der Waals surface area contributed by atoms with Crippen LogP contribution < -0.4 is 5.32 Å². The maximum Gasteiger partial charge on any atom is 0.390 e. The summed E-state index contributed by atoms with van der Waals surface area (Å²) in [7, 11) is 0. The van der Waals surface area contributed by atoms with Gasteiger partial charge in [-0.1, -0.05) is 11.6 Å². The third kappa shape index (κ3) is 4.16. The number of rotatable bonds is 7. The fourth-order valence-electron chi connectivity index (χ4n) is 2.54. The van der Waals surface area contributed by atoms with Crippen molar-refractivity contribution in [3.8, 4) is 0 Å². The van der Waals surface area contributed by atoms with Gasteiger partial charge in [-0.3, -0.25) is 9.48 Å². The molecule has 0 aliphatic heterocycles. The molecule has 2 aromatic heterocycles. The van der Waals surface area contributed by atoms with E-state index >= 15 is 0 Å². The van der Waals surface area contributed by atoms with Gasteiger partial charge in [0.05, 0.1) is 33.3 Å². The highest BCUT2D eigenvalue weighted by Gasteiger charge is 2.24. The number of aryl methyl sites for hydroxylation is 3. The van der Waals surface area contributed by atoms with E-state index < -0.39 is 11.0 Å². The predicted molar refractivity (Wildman–Crippen MR) is 92.7 cm³/mol. The summed E-state index contributed by atoms with van der Waals surface area (Å²) in [6.45, 7) is 8.18. The molecular weight excluding hydrogens is 348 g/mol. The number of nitrogens with zero attached hydrogens (tertiary/aromatic N) is 5. The van der Waals surface area contributed by atoms with Crippen LogP contribution in [0.15, 0.2) is 6.07 Å². The van der Waals surface area contributed by atoms with Crippen molar-refractivity contribution in [3.05, 3.63) is 38.3 Å². The van der Waals surface area contributed by atoms with Crippen molar-refractivity contribution in [2.45, 2.75) is 46.7 Å². The lowest BCUT2D eigenvalue weighted by molar-refractivity contribution is -0.389. The van der Waals surface area contributed by atoms with E-state index in [4.69, 9.17) is 11.6 Å². The van der Waals surface area contributed by atoms with Crippen LogP contribution in [0.4, 0.5) is 5.82 Å². The maximum atomic E-state index is 12.2. The van der Waals surface area contributed by atoms with Crippen molar-refractivity contribution >= 4 is 23.3 Å². The van der Waals surface area contributed by atoms with Crippen LogP contribution >= 0.6 is 11.6 Å². The Morgan fingerprint density at radius 3 is 2.60 bits per heavy atom. The van der Waals surface area contributed by atoms with E-state index in [0.29, 0.717) is 30.2 Å². The molecule has 136 valence electrons. The lowest BCUT2D eigenvalue weighted by Gasteiger charge is -2.11. The van der Waals surface area contributed by atoms with Gasteiger partial charge in [0.15, 0.2) is 0 Å². The predicted octanol–water partition coefficient (Wildman–Crippen LogP) is 2.33. The van der Waals surface area contributed by atoms with Crippen LogP contribution in [0.2, 0.25) is 5.02 Å². The molecule has 1 unspecified atom stereocenters. The van der Waals surface area contributed by atoms with Gasteiger partial charge in [0.2, 0.25) is 5.91 Å². The first-order valence-corrected chi connectivity index (χ1v) is 8.28. The lowest BCUT2D eigenvalue weighted by atomic mass is 10.3. The van der Waals surface area contributed by atoms with Crippen molar-refractivity contribution in [2.24, 2.45) is 0 Å². The van der Waals surface area contributed by atoms with Gasteiger partial charge in [0.1, 0.15) is 6.04 Å². The molecule has 0 saturated heterocycles. The topological polar surface area (TPSA) is 108 Å². The third-order valence-corrected chi connectivity index (χ3v) is 4.53. The van der Waals surface area contributed by atoms with E-state index in [2.05, 4.69) is 15.5 Å².